The van der Waals surface area contributed by atoms with Gasteiger partial charge in [-0.05, 0) is 44.2 Å². The zero-order chi connectivity index (χ0) is 18.9. The van der Waals surface area contributed by atoms with Crippen LogP contribution in [0.3, 0.4) is 0 Å². The quantitative estimate of drug-likeness (QED) is 0.721. The molecule has 0 bridgehead atoms. The average molecular weight is 379 g/mol. The number of rotatable bonds is 9. The van der Waals surface area contributed by atoms with Crippen molar-refractivity contribution < 1.29 is 18.7 Å². The summed E-state index contributed by atoms with van der Waals surface area (Å²) in [5.74, 6) is 0.935. The minimum atomic E-state index is -0.136. The Morgan fingerprint density at radius 1 is 1.23 bits per heavy atom. The van der Waals surface area contributed by atoms with Gasteiger partial charge >= 0.3 is 0 Å². The van der Waals surface area contributed by atoms with E-state index >= 15 is 0 Å². The summed E-state index contributed by atoms with van der Waals surface area (Å²) < 4.78 is 10.7. The molecule has 2 aromatic rings. The number of nitrogens with one attached hydrogen (secondary N) is 1. The van der Waals surface area contributed by atoms with E-state index in [1.54, 1.807) is 35.4 Å². The van der Waals surface area contributed by atoms with Crippen LogP contribution in [0.15, 0.2) is 41.0 Å². The van der Waals surface area contributed by atoms with E-state index in [4.69, 9.17) is 20.8 Å². The van der Waals surface area contributed by atoms with Gasteiger partial charge in [0.15, 0.2) is 6.61 Å². The molecule has 0 aliphatic heterocycles. The number of amides is 2. The summed E-state index contributed by atoms with van der Waals surface area (Å²) in [7, 11) is 0. The van der Waals surface area contributed by atoms with Crippen molar-refractivity contribution in [3.8, 4) is 5.75 Å². The van der Waals surface area contributed by atoms with Crippen LogP contribution in [0.2, 0.25) is 5.02 Å². The molecule has 1 heterocycles. The van der Waals surface area contributed by atoms with Gasteiger partial charge in [-0.3, -0.25) is 9.59 Å². The molecule has 2 rings (SSSR count). The number of benzene rings is 1. The van der Waals surface area contributed by atoms with Crippen LogP contribution in [0.25, 0.3) is 0 Å². The number of carbonyl (C=O) groups is 2. The Kier molecular flexibility index (Phi) is 7.53. The average Bonchev–Trinajstić information content (AvgIpc) is 3.14. The Morgan fingerprint density at radius 3 is 2.62 bits per heavy atom. The predicted molar refractivity (Wildman–Crippen MR) is 101 cm³/mol. The van der Waals surface area contributed by atoms with E-state index in [1.165, 1.54) is 0 Å². The molecule has 0 aliphatic carbocycles. The predicted octanol–water partition coefficient (Wildman–Crippen LogP) is 3.75. The molecule has 1 N–H and O–H groups in total. The topological polar surface area (TPSA) is 71.8 Å². The fourth-order valence-corrected chi connectivity index (χ4v) is 2.65. The lowest BCUT2D eigenvalue weighted by atomic mass is 10.2. The number of likely N-dealkylation sites (N-methyl/N-ethyl adjacent to an activating group) is 1. The third kappa shape index (κ3) is 5.81. The Labute approximate surface area is 158 Å². The van der Waals surface area contributed by atoms with Crippen LogP contribution >= 0.6 is 11.6 Å². The van der Waals surface area contributed by atoms with Gasteiger partial charge < -0.3 is 19.4 Å². The Bertz CT molecular complexity index is 727. The molecule has 0 spiro atoms. The lowest BCUT2D eigenvalue weighted by molar-refractivity contribution is -0.133. The van der Waals surface area contributed by atoms with Crippen molar-refractivity contribution in [3.05, 3.63) is 47.4 Å². The second-order valence-corrected chi connectivity index (χ2v) is 6.03. The van der Waals surface area contributed by atoms with E-state index in [9.17, 15) is 9.59 Å². The largest absolute Gasteiger partial charge is 0.482 e. The fraction of sp³-hybridized carbons (Fsp3) is 0.368. The summed E-state index contributed by atoms with van der Waals surface area (Å²) in [5, 5.41) is 3.11. The van der Waals surface area contributed by atoms with E-state index in [-0.39, 0.29) is 18.4 Å². The summed E-state index contributed by atoms with van der Waals surface area (Å²) in [6.45, 7) is 5.02. The van der Waals surface area contributed by atoms with Crippen LogP contribution in [0.5, 0.6) is 5.75 Å². The third-order valence-electron chi connectivity index (χ3n) is 3.86. The molecule has 0 radical (unpaired) electrons. The van der Waals surface area contributed by atoms with Crippen molar-refractivity contribution in [3.63, 3.8) is 0 Å². The first-order chi connectivity index (χ1) is 12.5. The molecule has 6 nitrogen and oxygen atoms in total. The number of nitrogens with zero attached hydrogens (tertiary/aromatic N) is 1. The monoisotopic (exact) mass is 378 g/mol. The normalized spacial score (nSPS) is 10.4. The van der Waals surface area contributed by atoms with Crippen LogP contribution in [0.4, 0.5) is 5.69 Å². The lowest BCUT2D eigenvalue weighted by Crippen LogP contribution is -2.34. The highest BCUT2D eigenvalue weighted by Gasteiger charge is 2.12. The van der Waals surface area contributed by atoms with Crippen LogP contribution in [-0.4, -0.2) is 36.4 Å². The molecule has 0 fully saturated rings. The maximum atomic E-state index is 12.0. The molecule has 26 heavy (non-hydrogen) atoms. The van der Waals surface area contributed by atoms with Crippen molar-refractivity contribution in [1.82, 2.24) is 4.90 Å². The van der Waals surface area contributed by atoms with Crippen molar-refractivity contribution >= 4 is 29.1 Å². The molecule has 140 valence electrons. The molecule has 0 aliphatic rings. The van der Waals surface area contributed by atoms with Crippen LogP contribution in [-0.2, 0) is 16.0 Å². The molecule has 7 heteroatoms. The van der Waals surface area contributed by atoms with Crippen LogP contribution < -0.4 is 10.1 Å². The van der Waals surface area contributed by atoms with E-state index in [1.807, 2.05) is 19.9 Å². The molecule has 0 atom stereocenters. The van der Waals surface area contributed by atoms with Gasteiger partial charge in [0.1, 0.15) is 11.5 Å². The minimum Gasteiger partial charge on any atom is -0.482 e. The van der Waals surface area contributed by atoms with Gasteiger partial charge in [0.2, 0.25) is 5.91 Å². The first kappa shape index (κ1) is 19.8. The number of hydrogen-bond donors (Lipinski definition) is 1. The van der Waals surface area contributed by atoms with Gasteiger partial charge in [0.25, 0.3) is 5.91 Å². The zero-order valence-electron chi connectivity index (χ0n) is 15.0. The van der Waals surface area contributed by atoms with E-state index in [0.29, 0.717) is 42.4 Å². The van der Waals surface area contributed by atoms with Gasteiger partial charge in [0.05, 0.1) is 11.3 Å². The van der Waals surface area contributed by atoms with E-state index in [2.05, 4.69) is 5.32 Å². The molecule has 2 amide bonds. The number of hydrogen-bond acceptors (Lipinski definition) is 4. The van der Waals surface area contributed by atoms with Crippen molar-refractivity contribution in [1.29, 1.82) is 0 Å². The summed E-state index contributed by atoms with van der Waals surface area (Å²) >= 11 is 6.19. The zero-order valence-corrected chi connectivity index (χ0v) is 15.7. The molecular formula is C19H23ClN2O4. The van der Waals surface area contributed by atoms with E-state index in [0.717, 1.165) is 5.76 Å². The summed E-state index contributed by atoms with van der Waals surface area (Å²) in [6.07, 6.45) is 2.42. The van der Waals surface area contributed by atoms with Crippen molar-refractivity contribution in [2.75, 3.05) is 25.0 Å². The van der Waals surface area contributed by atoms with E-state index < -0.39 is 0 Å². The third-order valence-corrected chi connectivity index (χ3v) is 4.16. The molecule has 0 unspecified atom stereocenters. The highest BCUT2D eigenvalue weighted by Crippen LogP contribution is 2.27. The Morgan fingerprint density at radius 2 is 2.00 bits per heavy atom. The molecule has 1 aromatic heterocycles. The fourth-order valence-electron chi connectivity index (χ4n) is 2.42. The van der Waals surface area contributed by atoms with Gasteiger partial charge in [0, 0.05) is 31.6 Å². The second-order valence-electron chi connectivity index (χ2n) is 5.63. The summed E-state index contributed by atoms with van der Waals surface area (Å²) in [5.41, 5.74) is 0.571. The number of aryl methyl sites for hydroxylation is 1. The second kappa shape index (κ2) is 9.87. The molecule has 0 saturated heterocycles. The first-order valence-corrected chi connectivity index (χ1v) is 8.93. The van der Waals surface area contributed by atoms with Gasteiger partial charge in [-0.25, -0.2) is 0 Å². The maximum Gasteiger partial charge on any atom is 0.260 e. The van der Waals surface area contributed by atoms with Crippen molar-refractivity contribution in [2.24, 2.45) is 0 Å². The lowest BCUT2D eigenvalue weighted by Gasteiger charge is -2.19. The Hall–Kier alpha value is -2.47. The molecule has 0 saturated carbocycles. The highest BCUT2D eigenvalue weighted by molar-refractivity contribution is 6.32. The number of halogens is 1. The molecular weight excluding hydrogens is 356 g/mol. The summed E-state index contributed by atoms with van der Waals surface area (Å²) in [6, 6.07) is 8.55. The number of anilines is 1. The highest BCUT2D eigenvalue weighted by atomic mass is 35.5. The Balaban J connectivity index is 1.86. The smallest absolute Gasteiger partial charge is 0.260 e. The number of ether oxygens (including phenoxy) is 1. The number of carbonyl (C=O) groups excluding carboxylic acids is 2. The maximum absolute atomic E-state index is 12.0. The standard InChI is InChI=1S/C19H23ClN2O4/c1-3-22(4-2)19(24)13-26-17-9-7-14(12-16(17)20)21-18(23)10-8-15-6-5-11-25-15/h5-7,9,11-12H,3-4,8,10,13H2,1-2H3,(H,21,23). The van der Waals surface area contributed by atoms with Crippen molar-refractivity contribution in [2.45, 2.75) is 26.7 Å². The molecule has 1 aromatic carbocycles. The number of furan rings is 1. The first-order valence-electron chi connectivity index (χ1n) is 8.55. The van der Waals surface area contributed by atoms with Gasteiger partial charge in [-0.15, -0.1) is 0 Å². The van der Waals surface area contributed by atoms with Crippen LogP contribution in [0.1, 0.15) is 26.0 Å². The van der Waals surface area contributed by atoms with Gasteiger partial charge in [-0.2, -0.15) is 0 Å². The summed E-state index contributed by atoms with van der Waals surface area (Å²) in [4.78, 5) is 25.6. The van der Waals surface area contributed by atoms with Gasteiger partial charge in [-0.1, -0.05) is 11.6 Å². The minimum absolute atomic E-state index is 0.0732. The SMILES string of the molecule is CCN(CC)C(=O)COc1ccc(NC(=O)CCc2ccco2)cc1Cl. The van der Waals surface area contributed by atoms with Crippen LogP contribution in [0, 0.1) is 0 Å².